The van der Waals surface area contributed by atoms with Crippen molar-refractivity contribution in [2.24, 2.45) is 11.8 Å². The first-order valence-electron chi connectivity index (χ1n) is 6.16. The molecule has 2 unspecified atom stereocenters. The van der Waals surface area contributed by atoms with Crippen molar-refractivity contribution >= 4 is 0 Å². The SMILES string of the molecule is COc1ccc(C2(O)C3CCCC32)c(OC)c1. The van der Waals surface area contributed by atoms with Gasteiger partial charge in [0, 0.05) is 11.6 Å². The molecule has 0 saturated heterocycles. The first-order valence-corrected chi connectivity index (χ1v) is 6.16. The largest absolute Gasteiger partial charge is 0.497 e. The summed E-state index contributed by atoms with van der Waals surface area (Å²) in [5.74, 6) is 2.37. The van der Waals surface area contributed by atoms with E-state index in [0.29, 0.717) is 11.8 Å². The van der Waals surface area contributed by atoms with Gasteiger partial charge in [-0.25, -0.2) is 0 Å². The second-order valence-electron chi connectivity index (χ2n) is 5.04. The molecule has 2 saturated carbocycles. The van der Waals surface area contributed by atoms with Crippen LogP contribution in [-0.2, 0) is 5.60 Å². The topological polar surface area (TPSA) is 38.7 Å². The van der Waals surface area contributed by atoms with E-state index in [-0.39, 0.29) is 0 Å². The molecule has 1 N–H and O–H groups in total. The average Bonchev–Trinajstić information content (AvgIpc) is 2.78. The lowest BCUT2D eigenvalue weighted by atomic mass is 9.98. The number of fused-ring (bicyclic) bond motifs is 1. The van der Waals surface area contributed by atoms with E-state index in [1.807, 2.05) is 18.2 Å². The van der Waals surface area contributed by atoms with Crippen LogP contribution in [0.1, 0.15) is 24.8 Å². The Kier molecular flexibility index (Phi) is 2.33. The standard InChI is InChI=1S/C14H18O3/c1-16-9-6-7-12(13(8-9)17-2)14(15)10-4-3-5-11(10)14/h6-8,10-11,15H,3-5H2,1-2H3. The summed E-state index contributed by atoms with van der Waals surface area (Å²) in [6.45, 7) is 0. The molecule has 3 heteroatoms. The number of hydrogen-bond donors (Lipinski definition) is 1. The van der Waals surface area contributed by atoms with E-state index in [4.69, 9.17) is 9.47 Å². The first-order chi connectivity index (χ1) is 8.21. The Morgan fingerprint density at radius 1 is 1.18 bits per heavy atom. The Morgan fingerprint density at radius 2 is 1.88 bits per heavy atom. The van der Waals surface area contributed by atoms with Gasteiger partial charge in [0.2, 0.25) is 0 Å². The summed E-state index contributed by atoms with van der Waals surface area (Å²) < 4.78 is 10.6. The third kappa shape index (κ3) is 1.38. The Morgan fingerprint density at radius 3 is 2.47 bits per heavy atom. The van der Waals surface area contributed by atoms with E-state index >= 15 is 0 Å². The molecule has 2 atom stereocenters. The second kappa shape index (κ2) is 3.64. The van der Waals surface area contributed by atoms with Crippen molar-refractivity contribution in [3.63, 3.8) is 0 Å². The zero-order chi connectivity index (χ0) is 12.0. The Balaban J connectivity index is 1.98. The number of rotatable bonds is 3. The molecule has 3 rings (SSSR count). The number of methoxy groups -OCH3 is 2. The number of benzene rings is 1. The molecule has 2 aliphatic carbocycles. The number of ether oxygens (including phenoxy) is 2. The fourth-order valence-corrected chi connectivity index (χ4v) is 3.45. The van der Waals surface area contributed by atoms with Gasteiger partial charge in [-0.05, 0) is 36.8 Å². The van der Waals surface area contributed by atoms with Crippen LogP contribution >= 0.6 is 0 Å². The minimum atomic E-state index is -0.643. The molecule has 2 fully saturated rings. The van der Waals surface area contributed by atoms with Crippen molar-refractivity contribution in [3.05, 3.63) is 23.8 Å². The van der Waals surface area contributed by atoms with Crippen molar-refractivity contribution < 1.29 is 14.6 Å². The summed E-state index contributed by atoms with van der Waals surface area (Å²) in [4.78, 5) is 0. The fourth-order valence-electron chi connectivity index (χ4n) is 3.45. The van der Waals surface area contributed by atoms with Crippen LogP contribution in [0.15, 0.2) is 18.2 Å². The van der Waals surface area contributed by atoms with E-state index in [1.54, 1.807) is 14.2 Å². The van der Waals surface area contributed by atoms with Crippen molar-refractivity contribution in [3.8, 4) is 11.5 Å². The monoisotopic (exact) mass is 234 g/mol. The van der Waals surface area contributed by atoms with Gasteiger partial charge in [-0.1, -0.05) is 6.42 Å². The maximum Gasteiger partial charge on any atom is 0.128 e. The van der Waals surface area contributed by atoms with E-state index in [9.17, 15) is 5.11 Å². The summed E-state index contributed by atoms with van der Waals surface area (Å²) in [7, 11) is 3.27. The van der Waals surface area contributed by atoms with Crippen LogP contribution in [0.5, 0.6) is 11.5 Å². The van der Waals surface area contributed by atoms with Crippen molar-refractivity contribution in [1.82, 2.24) is 0 Å². The van der Waals surface area contributed by atoms with Crippen LogP contribution in [0.4, 0.5) is 0 Å². The van der Waals surface area contributed by atoms with E-state index < -0.39 is 5.60 Å². The van der Waals surface area contributed by atoms with E-state index in [2.05, 4.69) is 0 Å². The molecule has 3 nitrogen and oxygen atoms in total. The number of hydrogen-bond acceptors (Lipinski definition) is 3. The molecule has 1 aromatic carbocycles. The molecule has 0 heterocycles. The third-order valence-corrected chi connectivity index (χ3v) is 4.38. The van der Waals surface area contributed by atoms with Gasteiger partial charge in [0.15, 0.2) is 0 Å². The Hall–Kier alpha value is -1.22. The van der Waals surface area contributed by atoms with Crippen LogP contribution in [0.25, 0.3) is 0 Å². The van der Waals surface area contributed by atoms with Crippen LogP contribution < -0.4 is 9.47 Å². The van der Waals surface area contributed by atoms with Crippen LogP contribution in [0, 0.1) is 11.8 Å². The molecule has 2 aliphatic rings. The Bertz CT molecular complexity index is 431. The van der Waals surface area contributed by atoms with Gasteiger partial charge < -0.3 is 14.6 Å². The van der Waals surface area contributed by atoms with Gasteiger partial charge in [0.05, 0.1) is 19.8 Å². The highest BCUT2D eigenvalue weighted by Gasteiger charge is 2.67. The molecule has 0 amide bonds. The molecule has 0 radical (unpaired) electrons. The minimum absolute atomic E-state index is 0.435. The maximum atomic E-state index is 10.7. The molecule has 0 aliphatic heterocycles. The third-order valence-electron chi connectivity index (χ3n) is 4.38. The maximum absolute atomic E-state index is 10.7. The van der Waals surface area contributed by atoms with Gasteiger partial charge in [-0.2, -0.15) is 0 Å². The van der Waals surface area contributed by atoms with Crippen molar-refractivity contribution in [2.45, 2.75) is 24.9 Å². The minimum Gasteiger partial charge on any atom is -0.497 e. The smallest absolute Gasteiger partial charge is 0.128 e. The molecule has 1 aromatic rings. The normalized spacial score (nSPS) is 34.3. The highest BCUT2D eigenvalue weighted by atomic mass is 16.5. The van der Waals surface area contributed by atoms with Crippen LogP contribution in [-0.4, -0.2) is 19.3 Å². The lowest BCUT2D eigenvalue weighted by Crippen LogP contribution is -2.14. The molecular weight excluding hydrogens is 216 g/mol. The predicted molar refractivity (Wildman–Crippen MR) is 64.3 cm³/mol. The summed E-state index contributed by atoms with van der Waals surface area (Å²) in [6, 6.07) is 5.68. The predicted octanol–water partition coefficient (Wildman–Crippen LogP) is 2.32. The van der Waals surface area contributed by atoms with Crippen molar-refractivity contribution in [2.75, 3.05) is 14.2 Å². The summed E-state index contributed by atoms with van der Waals surface area (Å²) >= 11 is 0. The lowest BCUT2D eigenvalue weighted by molar-refractivity contribution is 0.102. The zero-order valence-corrected chi connectivity index (χ0v) is 10.3. The summed E-state index contributed by atoms with van der Waals surface area (Å²) in [5, 5.41) is 10.7. The second-order valence-corrected chi connectivity index (χ2v) is 5.04. The highest BCUT2D eigenvalue weighted by molar-refractivity contribution is 5.48. The number of aliphatic hydroxyl groups is 1. The van der Waals surface area contributed by atoms with Gasteiger partial charge in [0.25, 0.3) is 0 Å². The summed E-state index contributed by atoms with van der Waals surface area (Å²) in [6.07, 6.45) is 3.52. The lowest BCUT2D eigenvalue weighted by Gasteiger charge is -2.18. The molecular formula is C14H18O3. The molecule has 0 spiro atoms. The quantitative estimate of drug-likeness (QED) is 0.872. The summed E-state index contributed by atoms with van der Waals surface area (Å²) in [5.41, 5.74) is 0.283. The van der Waals surface area contributed by atoms with E-state index in [0.717, 1.165) is 29.9 Å². The van der Waals surface area contributed by atoms with Crippen LogP contribution in [0.2, 0.25) is 0 Å². The van der Waals surface area contributed by atoms with Gasteiger partial charge in [-0.15, -0.1) is 0 Å². The van der Waals surface area contributed by atoms with Gasteiger partial charge in [0.1, 0.15) is 11.5 Å². The molecule has 0 bridgehead atoms. The molecule has 92 valence electrons. The molecule has 0 aromatic heterocycles. The molecule has 17 heavy (non-hydrogen) atoms. The van der Waals surface area contributed by atoms with E-state index in [1.165, 1.54) is 6.42 Å². The Labute approximate surface area is 101 Å². The van der Waals surface area contributed by atoms with Gasteiger partial charge >= 0.3 is 0 Å². The van der Waals surface area contributed by atoms with Crippen LogP contribution in [0.3, 0.4) is 0 Å². The van der Waals surface area contributed by atoms with Gasteiger partial charge in [-0.3, -0.25) is 0 Å². The first kappa shape index (κ1) is 10.9. The average molecular weight is 234 g/mol. The highest BCUT2D eigenvalue weighted by Crippen LogP contribution is 2.67. The fraction of sp³-hybridized carbons (Fsp3) is 0.571. The van der Waals surface area contributed by atoms with Crippen molar-refractivity contribution in [1.29, 1.82) is 0 Å². The zero-order valence-electron chi connectivity index (χ0n) is 10.3.